The van der Waals surface area contributed by atoms with E-state index in [0.717, 1.165) is 0 Å². The van der Waals surface area contributed by atoms with Gasteiger partial charge in [0.2, 0.25) is 0 Å². The molecule has 44 heavy (non-hydrogen) atoms. The first kappa shape index (κ1) is 34.2. The summed E-state index contributed by atoms with van der Waals surface area (Å²) in [5.74, 6) is -1.78. The minimum absolute atomic E-state index is 0.0310. The largest absolute Gasteiger partial charge is 0.481 e. The summed E-state index contributed by atoms with van der Waals surface area (Å²) in [7, 11) is -10.1. The van der Waals surface area contributed by atoms with Gasteiger partial charge in [-0.15, -0.1) is 0 Å². The highest BCUT2D eigenvalue weighted by Gasteiger charge is 2.66. The second-order valence-electron chi connectivity index (χ2n) is 11.5. The Labute approximate surface area is 244 Å². The van der Waals surface area contributed by atoms with Crippen molar-refractivity contribution in [1.82, 2.24) is 9.80 Å². The van der Waals surface area contributed by atoms with Crippen LogP contribution in [-0.4, -0.2) is 83.7 Å². The number of ether oxygens (including phenoxy) is 1. The van der Waals surface area contributed by atoms with E-state index in [4.69, 9.17) is 0 Å². The number of carbonyl (C=O) groups excluding carboxylic acids is 1. The molecule has 19 heteroatoms. The highest BCUT2D eigenvalue weighted by atomic mass is 32.5. The fraction of sp³-hybridized carbons (Fsp3) is 0.680. The van der Waals surface area contributed by atoms with Crippen LogP contribution in [0.2, 0.25) is 0 Å². The Morgan fingerprint density at radius 3 is 1.95 bits per heavy atom. The van der Waals surface area contributed by atoms with Crippen LogP contribution in [0.3, 0.4) is 0 Å². The molecule has 1 spiro atoms. The number of halogens is 11. The average molecular weight is 678 g/mol. The zero-order valence-electron chi connectivity index (χ0n) is 23.0. The van der Waals surface area contributed by atoms with Crippen molar-refractivity contribution in [3.8, 4) is 0 Å². The number of alkyl halides is 6. The maximum Gasteiger partial charge on any atom is 0.434 e. The van der Waals surface area contributed by atoms with Crippen LogP contribution in [0.4, 0.5) is 56.3 Å². The van der Waals surface area contributed by atoms with Gasteiger partial charge in [0.15, 0.2) is 0 Å². The molecule has 1 N–H and O–H groups in total. The van der Waals surface area contributed by atoms with E-state index in [1.165, 1.54) is 11.0 Å². The van der Waals surface area contributed by atoms with Gasteiger partial charge in [-0.05, 0) is 68.8 Å². The topological polar surface area (TPSA) is 73.3 Å². The number of carboxylic acid groups (broad SMARTS) is 1. The van der Waals surface area contributed by atoms with Crippen LogP contribution in [-0.2, 0) is 16.1 Å². The lowest BCUT2D eigenvalue weighted by Gasteiger charge is -2.45. The summed E-state index contributed by atoms with van der Waals surface area (Å²) in [4.78, 5) is 25.2. The Morgan fingerprint density at radius 2 is 1.45 bits per heavy atom. The van der Waals surface area contributed by atoms with Gasteiger partial charge in [-0.3, -0.25) is 9.69 Å². The highest BCUT2D eigenvalue weighted by Crippen LogP contribution is 3.02. The number of hydrogen-bond acceptors (Lipinski definition) is 5. The van der Waals surface area contributed by atoms with Gasteiger partial charge in [-0.25, -0.2) is 4.79 Å². The van der Waals surface area contributed by atoms with Crippen LogP contribution >= 0.6 is 10.2 Å². The summed E-state index contributed by atoms with van der Waals surface area (Å²) in [5, 5.41) is 9.20. The number of anilines is 1. The third-order valence-electron chi connectivity index (χ3n) is 8.49. The summed E-state index contributed by atoms with van der Waals surface area (Å²) < 4.78 is 151. The van der Waals surface area contributed by atoms with Crippen molar-refractivity contribution in [3.05, 3.63) is 23.8 Å². The first-order chi connectivity index (χ1) is 19.9. The predicted octanol–water partition coefficient (Wildman–Crippen LogP) is 7.71. The third-order valence-corrected chi connectivity index (χ3v) is 9.61. The molecule has 0 bridgehead atoms. The molecule has 0 atom stereocenters. The number of aliphatic carboxylic acids is 1. The number of hydrogen-bond donors (Lipinski definition) is 1. The Kier molecular flexibility index (Phi) is 8.31. The van der Waals surface area contributed by atoms with E-state index in [1.54, 1.807) is 4.90 Å². The molecular weight excluding hydrogens is 647 g/mol. The van der Waals surface area contributed by atoms with Crippen molar-refractivity contribution in [1.29, 1.82) is 0 Å². The summed E-state index contributed by atoms with van der Waals surface area (Å²) in [6.07, 6.45) is -16.6. The van der Waals surface area contributed by atoms with E-state index in [2.05, 4.69) is 4.74 Å². The van der Waals surface area contributed by atoms with E-state index in [1.807, 2.05) is 0 Å². The first-order valence-electron chi connectivity index (χ1n) is 13.6. The van der Waals surface area contributed by atoms with Gasteiger partial charge in [0, 0.05) is 44.0 Å². The van der Waals surface area contributed by atoms with Gasteiger partial charge in [-0.1, -0.05) is 19.4 Å². The third kappa shape index (κ3) is 7.74. The number of benzene rings is 1. The van der Waals surface area contributed by atoms with Crippen LogP contribution < -0.4 is 4.90 Å². The van der Waals surface area contributed by atoms with Crippen LogP contribution in [0.5, 0.6) is 0 Å². The van der Waals surface area contributed by atoms with E-state index in [9.17, 15) is 60.5 Å². The first-order valence-corrected chi connectivity index (χ1v) is 15.5. The van der Waals surface area contributed by atoms with E-state index in [0.29, 0.717) is 36.4 Å². The summed E-state index contributed by atoms with van der Waals surface area (Å²) >= 11 is 0. The van der Waals surface area contributed by atoms with Crippen molar-refractivity contribution in [2.24, 2.45) is 5.92 Å². The molecule has 0 unspecified atom stereocenters. The fourth-order valence-corrected chi connectivity index (χ4v) is 6.87. The molecule has 1 aromatic rings. The minimum atomic E-state index is -10.1. The van der Waals surface area contributed by atoms with Crippen molar-refractivity contribution in [2.75, 3.05) is 37.6 Å². The molecule has 3 fully saturated rings. The van der Waals surface area contributed by atoms with Crippen LogP contribution in [0.15, 0.2) is 23.1 Å². The number of likely N-dealkylation sites (tertiary alicyclic amines) is 2. The van der Waals surface area contributed by atoms with Crippen molar-refractivity contribution < 1.29 is 65.2 Å². The molecule has 0 saturated carbocycles. The molecular formula is C25H30F11N3O4S. The lowest BCUT2D eigenvalue weighted by atomic mass is 9.85. The molecule has 252 valence electrons. The number of piperidine rings is 2. The molecule has 3 heterocycles. The Bertz CT molecular complexity index is 1240. The van der Waals surface area contributed by atoms with E-state index in [-0.39, 0.29) is 69.7 Å². The normalized spacial score (nSPS) is 22.3. The molecule has 0 radical (unpaired) electrons. The SMILES string of the molecule is O=C(O)C1CCN(c2cc(CN3CCCC34CCN(C(=O)OC(C(F)(F)F)C(F)(F)F)CC4)cc(S(F)(F)(F)(F)F)c2)CC1. The summed E-state index contributed by atoms with van der Waals surface area (Å²) in [6, 6.07) is 2.04. The summed E-state index contributed by atoms with van der Waals surface area (Å²) in [5.41, 5.74) is -1.05. The van der Waals surface area contributed by atoms with Crippen LogP contribution in [0.25, 0.3) is 0 Å². The van der Waals surface area contributed by atoms with Crippen molar-refractivity contribution in [2.45, 2.75) is 74.0 Å². The lowest BCUT2D eigenvalue weighted by Crippen LogP contribution is -2.54. The van der Waals surface area contributed by atoms with Gasteiger partial charge in [-0.2, -0.15) is 26.3 Å². The zero-order chi connectivity index (χ0) is 33.0. The van der Waals surface area contributed by atoms with Crippen LogP contribution in [0.1, 0.15) is 44.1 Å². The Balaban J connectivity index is 1.52. The fourth-order valence-electron chi connectivity index (χ4n) is 6.15. The smallest absolute Gasteiger partial charge is 0.434 e. The maximum absolute atomic E-state index is 14.0. The monoisotopic (exact) mass is 677 g/mol. The minimum Gasteiger partial charge on any atom is -0.481 e. The molecule has 3 aliphatic rings. The maximum atomic E-state index is 14.0. The molecule has 0 aromatic heterocycles. The van der Waals surface area contributed by atoms with E-state index < -0.39 is 57.1 Å². The van der Waals surface area contributed by atoms with Crippen molar-refractivity contribution in [3.63, 3.8) is 0 Å². The lowest BCUT2D eigenvalue weighted by molar-refractivity contribution is -0.308. The molecule has 3 aliphatic heterocycles. The number of rotatable bonds is 6. The Hall–Kier alpha value is -2.70. The van der Waals surface area contributed by atoms with Gasteiger partial charge >= 0.3 is 34.6 Å². The number of nitrogens with zero attached hydrogens (tertiary/aromatic N) is 3. The number of carboxylic acids is 1. The number of carbonyl (C=O) groups is 2. The molecule has 0 aliphatic carbocycles. The molecule has 3 saturated heterocycles. The van der Waals surface area contributed by atoms with Gasteiger partial charge in [0.1, 0.15) is 4.90 Å². The van der Waals surface area contributed by atoms with Crippen molar-refractivity contribution >= 4 is 28.0 Å². The second-order valence-corrected chi connectivity index (χ2v) is 13.9. The van der Waals surface area contributed by atoms with Gasteiger partial charge in [0.25, 0.3) is 6.10 Å². The Morgan fingerprint density at radius 1 is 0.886 bits per heavy atom. The van der Waals surface area contributed by atoms with Crippen LogP contribution in [0, 0.1) is 5.92 Å². The quantitative estimate of drug-likeness (QED) is 0.311. The highest BCUT2D eigenvalue weighted by molar-refractivity contribution is 8.45. The van der Waals surface area contributed by atoms with Gasteiger partial charge < -0.3 is 19.6 Å². The molecule has 1 aromatic carbocycles. The van der Waals surface area contributed by atoms with Gasteiger partial charge in [0.05, 0.1) is 5.92 Å². The predicted molar refractivity (Wildman–Crippen MR) is 136 cm³/mol. The van der Waals surface area contributed by atoms with E-state index >= 15 is 0 Å². The molecule has 4 rings (SSSR count). The zero-order valence-corrected chi connectivity index (χ0v) is 23.8. The summed E-state index contributed by atoms with van der Waals surface area (Å²) in [6.45, 7) is -0.448. The number of amides is 1. The second kappa shape index (κ2) is 10.7. The average Bonchev–Trinajstić information content (AvgIpc) is 3.25. The molecule has 1 amide bonds. The molecule has 7 nitrogen and oxygen atoms in total. The standard InChI is InChI=1S/C25H30F11N3O4S/c26-24(27,28)21(25(29,30)31)43-22(42)38-10-5-23(6-11-38)4-1-7-39(23)15-16-12-18(14-19(13-16)44(32,33,34,35)36)37-8-2-17(3-9-37)20(40)41/h12-14,17,21H,1-11,15H2,(H,40,41).